The first-order valence-electron chi connectivity index (χ1n) is 11.5. The molecular weight excluding hydrogens is 489 g/mol. The number of morpholine rings is 1. The van der Waals surface area contributed by atoms with Crippen molar-refractivity contribution >= 4 is 35.6 Å². The molecule has 2 saturated heterocycles. The summed E-state index contributed by atoms with van der Waals surface area (Å²) >= 11 is 0. The van der Waals surface area contributed by atoms with Crippen LogP contribution in [0.25, 0.3) is 0 Å². The Hall–Kier alpha value is -1.06. The van der Waals surface area contributed by atoms with Crippen molar-refractivity contribution in [2.75, 3.05) is 57.4 Å². The summed E-state index contributed by atoms with van der Waals surface area (Å²) in [4.78, 5) is 9.94. The van der Waals surface area contributed by atoms with Crippen molar-refractivity contribution in [2.45, 2.75) is 52.1 Å². The smallest absolute Gasteiger partial charge is 0.191 e. The van der Waals surface area contributed by atoms with Crippen LogP contribution in [0.5, 0.6) is 0 Å². The number of nitrogens with zero attached hydrogens (tertiary/aromatic N) is 3. The Morgan fingerprint density at radius 3 is 2.67 bits per heavy atom. The lowest BCUT2D eigenvalue weighted by Crippen LogP contribution is -2.45. The summed E-state index contributed by atoms with van der Waals surface area (Å²) in [5, 5.41) is 6.95. The summed E-state index contributed by atoms with van der Waals surface area (Å²) in [7, 11) is 0. The molecule has 6 nitrogen and oxygen atoms in total. The van der Waals surface area contributed by atoms with E-state index in [9.17, 15) is 0 Å². The van der Waals surface area contributed by atoms with Crippen LogP contribution >= 0.6 is 24.0 Å². The number of guanidine groups is 1. The molecule has 1 atom stereocenters. The second-order valence-corrected chi connectivity index (χ2v) is 7.94. The van der Waals surface area contributed by atoms with E-state index in [1.54, 1.807) is 0 Å². The maximum Gasteiger partial charge on any atom is 0.191 e. The molecule has 0 radical (unpaired) electrons. The maximum atomic E-state index is 5.51. The van der Waals surface area contributed by atoms with Gasteiger partial charge in [-0.2, -0.15) is 0 Å². The molecule has 2 fully saturated rings. The van der Waals surface area contributed by atoms with E-state index in [1.807, 2.05) is 0 Å². The third-order valence-corrected chi connectivity index (χ3v) is 6.01. The molecule has 0 saturated carbocycles. The molecule has 30 heavy (non-hydrogen) atoms. The quantitative estimate of drug-likeness (QED) is 0.307. The van der Waals surface area contributed by atoms with Gasteiger partial charge in [0.25, 0.3) is 0 Å². The van der Waals surface area contributed by atoms with Gasteiger partial charge >= 0.3 is 0 Å². The highest BCUT2D eigenvalue weighted by molar-refractivity contribution is 14.0. The van der Waals surface area contributed by atoms with Crippen molar-refractivity contribution in [1.82, 2.24) is 15.5 Å². The first kappa shape index (κ1) is 25.2. The molecule has 7 heteroatoms. The van der Waals surface area contributed by atoms with Gasteiger partial charge in [0.15, 0.2) is 5.96 Å². The number of hydrogen-bond donors (Lipinski definition) is 2. The van der Waals surface area contributed by atoms with Gasteiger partial charge in [-0.25, -0.2) is 4.99 Å². The van der Waals surface area contributed by atoms with Gasteiger partial charge in [-0.15, -0.1) is 24.0 Å². The second-order valence-electron chi connectivity index (χ2n) is 7.94. The van der Waals surface area contributed by atoms with Gasteiger partial charge in [0, 0.05) is 44.5 Å². The van der Waals surface area contributed by atoms with Crippen molar-refractivity contribution in [2.24, 2.45) is 4.99 Å². The monoisotopic (exact) mass is 529 g/mol. The van der Waals surface area contributed by atoms with E-state index < -0.39 is 0 Å². The van der Waals surface area contributed by atoms with Gasteiger partial charge in [-0.3, -0.25) is 4.90 Å². The number of likely N-dealkylation sites (tertiary alicyclic amines) is 1. The Morgan fingerprint density at radius 2 is 1.90 bits per heavy atom. The van der Waals surface area contributed by atoms with Crippen LogP contribution in [0.3, 0.4) is 0 Å². The lowest BCUT2D eigenvalue weighted by Gasteiger charge is -2.35. The van der Waals surface area contributed by atoms with Crippen LogP contribution in [-0.4, -0.2) is 69.4 Å². The molecule has 3 rings (SSSR count). The molecule has 0 amide bonds. The van der Waals surface area contributed by atoms with Gasteiger partial charge in [0.2, 0.25) is 0 Å². The largest absolute Gasteiger partial charge is 0.378 e. The lowest BCUT2D eigenvalue weighted by molar-refractivity contribution is 0.122. The predicted octanol–water partition coefficient (Wildman–Crippen LogP) is 3.46. The van der Waals surface area contributed by atoms with Gasteiger partial charge < -0.3 is 20.3 Å². The number of hydrogen-bond acceptors (Lipinski definition) is 4. The third-order valence-electron chi connectivity index (χ3n) is 6.01. The Balaban J connectivity index is 0.00000320. The molecule has 1 unspecified atom stereocenters. The van der Waals surface area contributed by atoms with E-state index in [4.69, 9.17) is 9.73 Å². The zero-order chi connectivity index (χ0) is 20.3. The molecule has 170 valence electrons. The summed E-state index contributed by atoms with van der Waals surface area (Å²) < 4.78 is 5.51. The molecule has 2 aliphatic heterocycles. The Labute approximate surface area is 199 Å². The van der Waals surface area contributed by atoms with E-state index in [-0.39, 0.29) is 24.0 Å². The number of anilines is 1. The zero-order valence-electron chi connectivity index (χ0n) is 18.7. The zero-order valence-corrected chi connectivity index (χ0v) is 21.1. The van der Waals surface area contributed by atoms with Crippen LogP contribution in [0.2, 0.25) is 0 Å². The van der Waals surface area contributed by atoms with E-state index >= 15 is 0 Å². The molecule has 1 aromatic rings. The van der Waals surface area contributed by atoms with Crippen LogP contribution in [0, 0.1) is 0 Å². The van der Waals surface area contributed by atoms with E-state index in [0.29, 0.717) is 6.54 Å². The van der Waals surface area contributed by atoms with E-state index in [1.165, 1.54) is 43.5 Å². The number of para-hydroxylation sites is 1. The Bertz CT molecular complexity index is 636. The van der Waals surface area contributed by atoms with Crippen molar-refractivity contribution < 1.29 is 4.74 Å². The fourth-order valence-electron chi connectivity index (χ4n) is 4.40. The fourth-order valence-corrected chi connectivity index (χ4v) is 4.40. The highest BCUT2D eigenvalue weighted by Gasteiger charge is 2.20. The highest BCUT2D eigenvalue weighted by Crippen LogP contribution is 2.22. The minimum Gasteiger partial charge on any atom is -0.378 e. The summed E-state index contributed by atoms with van der Waals surface area (Å²) in [6.07, 6.45) is 5.33. The summed E-state index contributed by atoms with van der Waals surface area (Å²) in [6, 6.07) is 9.38. The Kier molecular flexibility index (Phi) is 11.8. The average molecular weight is 530 g/mol. The van der Waals surface area contributed by atoms with Crippen LogP contribution in [0.4, 0.5) is 5.69 Å². The third kappa shape index (κ3) is 7.57. The molecule has 0 aliphatic carbocycles. The van der Waals surface area contributed by atoms with Gasteiger partial charge in [-0.05, 0) is 44.4 Å². The number of aliphatic imine (C=N–C) groups is 1. The van der Waals surface area contributed by atoms with Crippen molar-refractivity contribution in [3.05, 3.63) is 29.8 Å². The second kappa shape index (κ2) is 14.1. The first-order chi connectivity index (χ1) is 14.3. The summed E-state index contributed by atoms with van der Waals surface area (Å²) in [5.74, 6) is 0.911. The van der Waals surface area contributed by atoms with E-state index in [0.717, 1.165) is 57.9 Å². The van der Waals surface area contributed by atoms with Crippen LogP contribution in [0.1, 0.15) is 45.1 Å². The standard InChI is InChI=1S/C23H39N5O.HI/c1-3-21-10-7-8-13-27(21)14-12-25-23(24-4-2)26-19-20-9-5-6-11-22(20)28-15-17-29-18-16-28;/h5-6,9,11,21H,3-4,7-8,10,12-19H2,1-2H3,(H2,24,25,26);1H. The number of nitrogens with one attached hydrogen (secondary N) is 2. The van der Waals surface area contributed by atoms with Crippen molar-refractivity contribution in [3.8, 4) is 0 Å². The number of rotatable bonds is 8. The normalized spacial score (nSPS) is 20.5. The minimum absolute atomic E-state index is 0. The molecule has 2 N–H and O–H groups in total. The van der Waals surface area contributed by atoms with Gasteiger partial charge in [0.1, 0.15) is 0 Å². The molecule has 2 heterocycles. The first-order valence-corrected chi connectivity index (χ1v) is 11.5. The SMILES string of the molecule is CCNC(=NCc1ccccc1N1CCOCC1)NCCN1CCCCC1CC.I. The van der Waals surface area contributed by atoms with Crippen LogP contribution in [-0.2, 0) is 11.3 Å². The number of halogens is 1. The Morgan fingerprint density at radius 1 is 1.10 bits per heavy atom. The predicted molar refractivity (Wildman–Crippen MR) is 137 cm³/mol. The minimum atomic E-state index is 0. The summed E-state index contributed by atoms with van der Waals surface area (Å²) in [5.41, 5.74) is 2.56. The molecule has 1 aromatic carbocycles. The summed E-state index contributed by atoms with van der Waals surface area (Å²) in [6.45, 7) is 12.8. The van der Waals surface area contributed by atoms with Crippen LogP contribution < -0.4 is 15.5 Å². The van der Waals surface area contributed by atoms with Crippen molar-refractivity contribution in [3.63, 3.8) is 0 Å². The maximum absolute atomic E-state index is 5.51. The molecule has 0 aromatic heterocycles. The van der Waals surface area contributed by atoms with Gasteiger partial charge in [0.05, 0.1) is 19.8 Å². The lowest BCUT2D eigenvalue weighted by atomic mass is 10.0. The van der Waals surface area contributed by atoms with Crippen molar-refractivity contribution in [1.29, 1.82) is 0 Å². The molecule has 0 spiro atoms. The number of benzene rings is 1. The van der Waals surface area contributed by atoms with Crippen LogP contribution in [0.15, 0.2) is 29.3 Å². The number of piperidine rings is 1. The highest BCUT2D eigenvalue weighted by atomic mass is 127. The topological polar surface area (TPSA) is 52.1 Å². The fraction of sp³-hybridized carbons (Fsp3) is 0.696. The molecule has 0 bridgehead atoms. The number of ether oxygens (including phenoxy) is 1. The molecule has 2 aliphatic rings. The van der Waals surface area contributed by atoms with E-state index in [2.05, 4.69) is 58.5 Å². The van der Waals surface area contributed by atoms with Gasteiger partial charge in [-0.1, -0.05) is 31.5 Å². The molecular formula is C23H40IN5O. The average Bonchev–Trinajstić information content (AvgIpc) is 2.78.